The molecule has 0 saturated heterocycles. The molecule has 3 aromatic rings. The maximum absolute atomic E-state index is 13.0. The predicted octanol–water partition coefficient (Wildman–Crippen LogP) is 5.59. The Hall–Kier alpha value is -3.61. The first kappa shape index (κ1) is 25.0. The molecule has 0 radical (unpaired) electrons. The molecular weight excluding hydrogens is 426 g/mol. The number of aryl methyl sites for hydroxylation is 3. The van der Waals surface area contributed by atoms with Crippen molar-refractivity contribution in [2.75, 3.05) is 23.7 Å². The number of para-hydroxylation sites is 1. The normalized spacial score (nSPS) is 11.3. The number of carbonyl (C=O) groups is 2. The van der Waals surface area contributed by atoms with E-state index in [1.54, 1.807) is 4.68 Å². The maximum Gasteiger partial charge on any atom is 0.322 e. The highest BCUT2D eigenvalue weighted by Crippen LogP contribution is 2.26. The third-order valence-corrected chi connectivity index (χ3v) is 5.74. The third-order valence-electron chi connectivity index (χ3n) is 5.74. The molecule has 0 aliphatic heterocycles. The number of nitrogens with one attached hydrogen (secondary N) is 2. The Morgan fingerprint density at radius 3 is 2.15 bits per heavy atom. The fraction of sp³-hybridized carbons (Fsp3) is 0.370. The topological polar surface area (TPSA) is 79.3 Å². The Kier molecular flexibility index (Phi) is 7.44. The van der Waals surface area contributed by atoms with E-state index in [0.29, 0.717) is 12.4 Å². The second-order valence-corrected chi connectivity index (χ2v) is 9.67. The lowest BCUT2D eigenvalue weighted by atomic mass is 9.92. The van der Waals surface area contributed by atoms with E-state index in [9.17, 15) is 9.59 Å². The predicted molar refractivity (Wildman–Crippen MR) is 138 cm³/mol. The lowest BCUT2D eigenvalue weighted by Crippen LogP contribution is -2.40. The summed E-state index contributed by atoms with van der Waals surface area (Å²) in [4.78, 5) is 27.4. The summed E-state index contributed by atoms with van der Waals surface area (Å²) in [6.07, 6.45) is 0. The van der Waals surface area contributed by atoms with Crippen LogP contribution in [0.25, 0.3) is 5.69 Å². The highest BCUT2D eigenvalue weighted by Gasteiger charge is 2.23. The maximum atomic E-state index is 13.0. The van der Waals surface area contributed by atoms with Crippen LogP contribution in [-0.2, 0) is 10.2 Å². The number of anilines is 2. The van der Waals surface area contributed by atoms with Crippen LogP contribution < -0.4 is 10.6 Å². The van der Waals surface area contributed by atoms with Gasteiger partial charge in [0.1, 0.15) is 12.4 Å². The van der Waals surface area contributed by atoms with E-state index in [2.05, 4.69) is 31.4 Å². The van der Waals surface area contributed by atoms with Gasteiger partial charge in [0, 0.05) is 23.7 Å². The van der Waals surface area contributed by atoms with Gasteiger partial charge in [-0.3, -0.25) is 4.79 Å². The number of benzene rings is 2. The number of amides is 3. The zero-order chi connectivity index (χ0) is 25.0. The third kappa shape index (κ3) is 5.84. The zero-order valence-corrected chi connectivity index (χ0v) is 21.2. The van der Waals surface area contributed by atoms with Gasteiger partial charge in [0.25, 0.3) is 0 Å². The number of nitrogens with zero attached hydrogens (tertiary/aromatic N) is 3. The van der Waals surface area contributed by atoms with Crippen LogP contribution in [0, 0.1) is 20.8 Å². The summed E-state index contributed by atoms with van der Waals surface area (Å²) in [6.45, 7) is 14.3. The first-order chi connectivity index (χ1) is 16.0. The Balaban J connectivity index is 1.79. The van der Waals surface area contributed by atoms with Crippen LogP contribution in [-0.4, -0.2) is 39.7 Å². The molecule has 7 nitrogen and oxygen atoms in total. The van der Waals surface area contributed by atoms with E-state index in [0.717, 1.165) is 33.8 Å². The molecule has 3 amide bonds. The van der Waals surface area contributed by atoms with Crippen LogP contribution in [0.1, 0.15) is 50.1 Å². The molecule has 180 valence electrons. The van der Waals surface area contributed by atoms with Crippen molar-refractivity contribution in [3.63, 3.8) is 0 Å². The van der Waals surface area contributed by atoms with Crippen LogP contribution in [0.3, 0.4) is 0 Å². The molecule has 34 heavy (non-hydrogen) atoms. The molecular formula is C27H35N5O2. The summed E-state index contributed by atoms with van der Waals surface area (Å²) in [6, 6.07) is 15.4. The number of hydrogen-bond acceptors (Lipinski definition) is 3. The van der Waals surface area contributed by atoms with E-state index in [1.807, 2.05) is 76.2 Å². The molecule has 1 aromatic heterocycles. The van der Waals surface area contributed by atoms with Gasteiger partial charge >= 0.3 is 6.03 Å². The molecule has 0 aliphatic carbocycles. The Morgan fingerprint density at radius 2 is 1.59 bits per heavy atom. The quantitative estimate of drug-likeness (QED) is 0.502. The van der Waals surface area contributed by atoms with Crippen LogP contribution >= 0.6 is 0 Å². The number of hydrogen-bond donors (Lipinski definition) is 2. The second kappa shape index (κ2) is 10.1. The highest BCUT2D eigenvalue weighted by atomic mass is 16.2. The summed E-state index contributed by atoms with van der Waals surface area (Å²) >= 11 is 0. The Bertz CT molecular complexity index is 1150. The van der Waals surface area contributed by atoms with Crippen molar-refractivity contribution in [1.82, 2.24) is 14.7 Å². The molecule has 3 rings (SSSR count). The first-order valence-corrected chi connectivity index (χ1v) is 11.6. The van der Waals surface area contributed by atoms with Crippen LogP contribution in [0.5, 0.6) is 0 Å². The van der Waals surface area contributed by atoms with Gasteiger partial charge in [0.15, 0.2) is 0 Å². The molecule has 0 atom stereocenters. The first-order valence-electron chi connectivity index (χ1n) is 11.6. The molecule has 2 N–H and O–H groups in total. The van der Waals surface area contributed by atoms with E-state index in [4.69, 9.17) is 5.10 Å². The van der Waals surface area contributed by atoms with Gasteiger partial charge in [0.2, 0.25) is 5.91 Å². The lowest BCUT2D eigenvalue weighted by molar-refractivity contribution is -0.116. The van der Waals surface area contributed by atoms with E-state index in [-0.39, 0.29) is 23.9 Å². The summed E-state index contributed by atoms with van der Waals surface area (Å²) in [5.41, 5.74) is 5.41. The van der Waals surface area contributed by atoms with Crippen molar-refractivity contribution < 1.29 is 9.59 Å². The summed E-state index contributed by atoms with van der Waals surface area (Å²) < 4.78 is 1.74. The second-order valence-electron chi connectivity index (χ2n) is 9.67. The fourth-order valence-electron chi connectivity index (χ4n) is 3.60. The fourth-order valence-corrected chi connectivity index (χ4v) is 3.60. The Labute approximate surface area is 202 Å². The van der Waals surface area contributed by atoms with Gasteiger partial charge in [-0.15, -0.1) is 0 Å². The molecule has 2 aromatic carbocycles. The minimum atomic E-state index is -0.308. The average molecular weight is 462 g/mol. The van der Waals surface area contributed by atoms with Crippen molar-refractivity contribution in [3.8, 4) is 5.69 Å². The van der Waals surface area contributed by atoms with Gasteiger partial charge < -0.3 is 15.5 Å². The molecule has 7 heteroatoms. The van der Waals surface area contributed by atoms with Crippen LogP contribution in [0.4, 0.5) is 16.3 Å². The average Bonchev–Trinajstić information content (AvgIpc) is 3.19. The number of carbonyl (C=O) groups excluding carboxylic acids is 2. The zero-order valence-electron chi connectivity index (χ0n) is 21.2. The molecule has 0 unspecified atom stereocenters. The number of rotatable bonds is 6. The molecule has 0 bridgehead atoms. The van der Waals surface area contributed by atoms with Crippen molar-refractivity contribution in [2.24, 2.45) is 0 Å². The van der Waals surface area contributed by atoms with Crippen LogP contribution in [0.15, 0.2) is 48.5 Å². The molecule has 0 fully saturated rings. The number of likely N-dealkylation sites (N-methyl/N-ethyl adjacent to an activating group) is 1. The van der Waals surface area contributed by atoms with Crippen molar-refractivity contribution in [1.29, 1.82) is 0 Å². The largest absolute Gasteiger partial charge is 0.322 e. The molecule has 1 heterocycles. The Morgan fingerprint density at radius 1 is 0.971 bits per heavy atom. The van der Waals surface area contributed by atoms with Crippen LogP contribution in [0.2, 0.25) is 0 Å². The van der Waals surface area contributed by atoms with Gasteiger partial charge in [-0.25, -0.2) is 9.48 Å². The van der Waals surface area contributed by atoms with E-state index < -0.39 is 0 Å². The summed E-state index contributed by atoms with van der Waals surface area (Å²) in [5.74, 6) is 0.289. The van der Waals surface area contributed by atoms with E-state index in [1.165, 1.54) is 4.90 Å². The monoisotopic (exact) mass is 461 g/mol. The number of aromatic nitrogens is 2. The molecule has 0 spiro atoms. The lowest BCUT2D eigenvalue weighted by Gasteiger charge is -2.22. The minimum absolute atomic E-state index is 0.0722. The molecule has 0 aliphatic rings. The SMILES string of the molecule is CCN(CC(=O)Nc1cc(C(C)(C)C)nn1-c1ccc(C)cc1)C(=O)Nc1c(C)cccc1C. The van der Waals surface area contributed by atoms with Gasteiger partial charge in [-0.1, -0.05) is 56.7 Å². The van der Waals surface area contributed by atoms with Crippen molar-refractivity contribution in [2.45, 2.75) is 53.9 Å². The molecule has 0 saturated carbocycles. The smallest absolute Gasteiger partial charge is 0.315 e. The van der Waals surface area contributed by atoms with Gasteiger partial charge in [-0.05, 0) is 51.0 Å². The van der Waals surface area contributed by atoms with E-state index >= 15 is 0 Å². The van der Waals surface area contributed by atoms with Crippen molar-refractivity contribution >= 4 is 23.4 Å². The van der Waals surface area contributed by atoms with Crippen molar-refractivity contribution in [3.05, 3.63) is 70.9 Å². The van der Waals surface area contributed by atoms with Gasteiger partial charge in [-0.2, -0.15) is 5.10 Å². The minimum Gasteiger partial charge on any atom is -0.315 e. The van der Waals surface area contributed by atoms with Gasteiger partial charge in [0.05, 0.1) is 11.4 Å². The summed E-state index contributed by atoms with van der Waals surface area (Å²) in [7, 11) is 0. The standard InChI is InChI=1S/C27H35N5O2/c1-8-31(26(34)29-25-19(3)10-9-11-20(25)4)17-24(33)28-23-16-22(27(5,6)7)30-32(23)21-14-12-18(2)13-15-21/h9-16H,8,17H2,1-7H3,(H,28,33)(H,29,34). The number of urea groups is 1. The highest BCUT2D eigenvalue weighted by molar-refractivity contribution is 5.97. The summed E-state index contributed by atoms with van der Waals surface area (Å²) in [5, 5.41) is 10.7.